The Morgan fingerprint density at radius 2 is 1.86 bits per heavy atom. The van der Waals surface area contributed by atoms with Gasteiger partial charge < -0.3 is 42.9 Å². The number of carbonyl (C=O) groups is 4. The molecule has 0 radical (unpaired) electrons. The van der Waals surface area contributed by atoms with Gasteiger partial charge in [-0.2, -0.15) is 0 Å². The van der Waals surface area contributed by atoms with Crippen molar-refractivity contribution in [2.24, 2.45) is 22.2 Å². The number of aliphatic carboxylic acids is 1. The van der Waals surface area contributed by atoms with Crippen LogP contribution >= 0.6 is 0 Å². The van der Waals surface area contributed by atoms with Crippen LogP contribution in [0, 0.1) is 0 Å². The SMILES string of the molecule is NCC(=O)N[C@@H](CO)C(=O)N1CCC[C@H]1C(=O)N[C@@H](CCCN=C(N)N)C(=O)O. The van der Waals surface area contributed by atoms with Crippen LogP contribution in [0.15, 0.2) is 4.99 Å². The van der Waals surface area contributed by atoms with E-state index in [1.54, 1.807) is 0 Å². The second-order valence-electron chi connectivity index (χ2n) is 6.54. The van der Waals surface area contributed by atoms with E-state index >= 15 is 0 Å². The average molecular weight is 415 g/mol. The lowest BCUT2D eigenvalue weighted by molar-refractivity contribution is -0.145. The van der Waals surface area contributed by atoms with Gasteiger partial charge in [-0.15, -0.1) is 0 Å². The van der Waals surface area contributed by atoms with E-state index in [9.17, 15) is 29.4 Å². The van der Waals surface area contributed by atoms with Crippen molar-refractivity contribution in [1.29, 1.82) is 0 Å². The third-order valence-electron chi connectivity index (χ3n) is 4.40. The lowest BCUT2D eigenvalue weighted by Crippen LogP contribution is -2.56. The number of nitrogens with two attached hydrogens (primary N) is 3. The normalized spacial score (nSPS) is 17.9. The van der Waals surface area contributed by atoms with E-state index in [0.29, 0.717) is 19.3 Å². The molecule has 29 heavy (non-hydrogen) atoms. The Hall–Kier alpha value is -2.93. The van der Waals surface area contributed by atoms with Crippen LogP contribution in [0.3, 0.4) is 0 Å². The van der Waals surface area contributed by atoms with E-state index < -0.39 is 48.4 Å². The predicted molar refractivity (Wildman–Crippen MR) is 102 cm³/mol. The molecule has 1 saturated heterocycles. The number of aliphatic hydroxyl groups excluding tert-OH is 1. The summed E-state index contributed by atoms with van der Waals surface area (Å²) in [6, 6.07) is -3.29. The first kappa shape index (κ1) is 24.1. The Labute approximate surface area is 167 Å². The van der Waals surface area contributed by atoms with Crippen molar-refractivity contribution < 1.29 is 29.4 Å². The first-order valence-electron chi connectivity index (χ1n) is 9.20. The Balaban J connectivity index is 2.74. The minimum atomic E-state index is -1.23. The number of carboxylic acids is 1. The number of nitrogens with one attached hydrogen (secondary N) is 2. The van der Waals surface area contributed by atoms with Gasteiger partial charge in [0.2, 0.25) is 17.7 Å². The second kappa shape index (κ2) is 11.8. The van der Waals surface area contributed by atoms with E-state index in [2.05, 4.69) is 15.6 Å². The molecule has 0 aromatic rings. The van der Waals surface area contributed by atoms with E-state index in [1.165, 1.54) is 4.90 Å². The predicted octanol–water partition coefficient (Wildman–Crippen LogP) is -3.96. The first-order chi connectivity index (χ1) is 13.7. The lowest BCUT2D eigenvalue weighted by Gasteiger charge is -2.28. The van der Waals surface area contributed by atoms with Crippen LogP contribution in [-0.4, -0.2) is 89.1 Å². The largest absolute Gasteiger partial charge is 0.480 e. The van der Waals surface area contributed by atoms with E-state index in [0.717, 1.165) is 0 Å². The molecule has 1 heterocycles. The molecular weight excluding hydrogens is 386 g/mol. The smallest absolute Gasteiger partial charge is 0.326 e. The molecule has 10 N–H and O–H groups in total. The molecular formula is C16H29N7O6. The number of likely N-dealkylation sites (tertiary alicyclic amines) is 1. The maximum Gasteiger partial charge on any atom is 0.326 e. The van der Waals surface area contributed by atoms with Crippen molar-refractivity contribution in [3.8, 4) is 0 Å². The highest BCUT2D eigenvalue weighted by Crippen LogP contribution is 2.19. The van der Waals surface area contributed by atoms with Gasteiger partial charge >= 0.3 is 5.97 Å². The van der Waals surface area contributed by atoms with Gasteiger partial charge in [-0.05, 0) is 25.7 Å². The zero-order chi connectivity index (χ0) is 22.0. The molecule has 13 nitrogen and oxygen atoms in total. The molecule has 13 heteroatoms. The van der Waals surface area contributed by atoms with Crippen molar-refractivity contribution in [1.82, 2.24) is 15.5 Å². The monoisotopic (exact) mass is 415 g/mol. The van der Waals surface area contributed by atoms with Crippen LogP contribution in [0.4, 0.5) is 0 Å². The van der Waals surface area contributed by atoms with Crippen LogP contribution in [0.1, 0.15) is 25.7 Å². The Morgan fingerprint density at radius 3 is 2.41 bits per heavy atom. The molecule has 0 saturated carbocycles. The Bertz CT molecular complexity index is 637. The number of rotatable bonds is 11. The minimum absolute atomic E-state index is 0.102. The highest BCUT2D eigenvalue weighted by molar-refractivity contribution is 5.94. The summed E-state index contributed by atoms with van der Waals surface area (Å²) in [7, 11) is 0. The highest BCUT2D eigenvalue weighted by atomic mass is 16.4. The fourth-order valence-electron chi connectivity index (χ4n) is 2.97. The van der Waals surface area contributed by atoms with Crippen LogP contribution in [0.2, 0.25) is 0 Å². The van der Waals surface area contributed by atoms with Gasteiger partial charge in [-0.3, -0.25) is 19.4 Å². The van der Waals surface area contributed by atoms with Gasteiger partial charge in [0.15, 0.2) is 5.96 Å². The molecule has 0 aliphatic carbocycles. The van der Waals surface area contributed by atoms with Gasteiger partial charge in [-0.1, -0.05) is 0 Å². The molecule has 0 aromatic heterocycles. The first-order valence-corrected chi connectivity index (χ1v) is 9.20. The Kier molecular flexibility index (Phi) is 9.82. The number of carbonyl (C=O) groups excluding carboxylic acids is 3. The summed E-state index contributed by atoms with van der Waals surface area (Å²) < 4.78 is 0. The molecule has 3 amide bonds. The van der Waals surface area contributed by atoms with Crippen molar-refractivity contribution in [2.75, 3.05) is 26.2 Å². The second-order valence-corrected chi connectivity index (χ2v) is 6.54. The van der Waals surface area contributed by atoms with E-state index in [1.807, 2.05) is 0 Å². The Morgan fingerprint density at radius 1 is 1.17 bits per heavy atom. The molecule has 1 fully saturated rings. The summed E-state index contributed by atoms with van der Waals surface area (Å²) in [6.45, 7) is -0.547. The summed E-state index contributed by atoms with van der Waals surface area (Å²) in [5.41, 5.74) is 15.6. The molecule has 3 atom stereocenters. The zero-order valence-corrected chi connectivity index (χ0v) is 16.0. The maximum atomic E-state index is 12.6. The molecule has 1 rings (SSSR count). The van der Waals surface area contributed by atoms with Crippen LogP contribution in [0.5, 0.6) is 0 Å². The van der Waals surface area contributed by atoms with Crippen LogP contribution in [0.25, 0.3) is 0 Å². The molecule has 1 aliphatic heterocycles. The lowest BCUT2D eigenvalue weighted by atomic mass is 10.1. The van der Waals surface area contributed by atoms with E-state index in [-0.39, 0.29) is 32.0 Å². The summed E-state index contributed by atoms with van der Waals surface area (Å²) in [5.74, 6) is -3.20. The number of amides is 3. The van der Waals surface area contributed by atoms with Crippen LogP contribution in [-0.2, 0) is 19.2 Å². The number of aliphatic hydroxyl groups is 1. The van der Waals surface area contributed by atoms with E-state index in [4.69, 9.17) is 17.2 Å². The quantitative estimate of drug-likeness (QED) is 0.0990. The number of guanidine groups is 1. The van der Waals surface area contributed by atoms with Crippen molar-refractivity contribution in [2.45, 2.75) is 43.8 Å². The fraction of sp³-hybridized carbons (Fsp3) is 0.688. The van der Waals surface area contributed by atoms with Crippen LogP contribution < -0.4 is 27.8 Å². The van der Waals surface area contributed by atoms with Gasteiger partial charge in [0.05, 0.1) is 13.2 Å². The fourth-order valence-corrected chi connectivity index (χ4v) is 2.97. The number of aliphatic imine (C=N–C) groups is 1. The molecule has 164 valence electrons. The van der Waals surface area contributed by atoms with Crippen molar-refractivity contribution >= 4 is 29.7 Å². The number of nitrogens with zero attached hydrogens (tertiary/aromatic N) is 2. The van der Waals surface area contributed by atoms with Gasteiger partial charge in [0, 0.05) is 13.1 Å². The highest BCUT2D eigenvalue weighted by Gasteiger charge is 2.38. The summed E-state index contributed by atoms with van der Waals surface area (Å²) in [6.07, 6.45) is 1.29. The maximum absolute atomic E-state index is 12.6. The standard InChI is InChI=1S/C16H29N7O6/c17-7-12(25)21-10(8-24)14(27)23-6-2-4-11(23)13(26)22-9(15(28)29)3-1-5-20-16(18)19/h9-11,24H,1-8,17H2,(H,21,25)(H,22,26)(H,28,29)(H4,18,19,20)/t9-,10-,11-/m0/s1. The molecule has 0 bridgehead atoms. The summed E-state index contributed by atoms with van der Waals surface area (Å²) in [5, 5.41) is 23.4. The number of carboxylic acid groups (broad SMARTS) is 1. The zero-order valence-electron chi connectivity index (χ0n) is 16.0. The molecule has 0 aromatic carbocycles. The van der Waals surface area contributed by atoms with Gasteiger partial charge in [-0.25, -0.2) is 4.79 Å². The summed E-state index contributed by atoms with van der Waals surface area (Å²) in [4.78, 5) is 53.0. The number of hydrogen-bond donors (Lipinski definition) is 7. The molecule has 0 spiro atoms. The minimum Gasteiger partial charge on any atom is -0.480 e. The van der Waals surface area contributed by atoms with Crippen molar-refractivity contribution in [3.05, 3.63) is 0 Å². The van der Waals surface area contributed by atoms with Crippen molar-refractivity contribution in [3.63, 3.8) is 0 Å². The third kappa shape index (κ3) is 7.54. The van der Waals surface area contributed by atoms with Gasteiger partial charge in [0.1, 0.15) is 18.1 Å². The topological polar surface area (TPSA) is 226 Å². The molecule has 0 unspecified atom stereocenters. The third-order valence-corrected chi connectivity index (χ3v) is 4.40. The van der Waals surface area contributed by atoms with Gasteiger partial charge in [0.25, 0.3) is 0 Å². The molecule has 1 aliphatic rings. The number of hydrogen-bond acceptors (Lipinski definition) is 7. The summed E-state index contributed by atoms with van der Waals surface area (Å²) >= 11 is 0. The average Bonchev–Trinajstić information content (AvgIpc) is 3.17.